The van der Waals surface area contributed by atoms with Crippen LogP contribution in [0, 0.1) is 5.82 Å². The van der Waals surface area contributed by atoms with Crippen molar-refractivity contribution in [1.29, 1.82) is 0 Å². The zero-order valence-electron chi connectivity index (χ0n) is 11.7. The third-order valence-corrected chi connectivity index (χ3v) is 3.64. The van der Waals surface area contributed by atoms with Gasteiger partial charge in [-0.2, -0.15) is 0 Å². The van der Waals surface area contributed by atoms with Crippen molar-refractivity contribution in [3.05, 3.63) is 65.2 Å². The van der Waals surface area contributed by atoms with Gasteiger partial charge in [-0.3, -0.25) is 0 Å². The maximum absolute atomic E-state index is 12.9. The Labute approximate surface area is 135 Å². The number of aromatic nitrogens is 4. The van der Waals surface area contributed by atoms with Crippen LogP contribution in [0.1, 0.15) is 5.56 Å². The summed E-state index contributed by atoms with van der Waals surface area (Å²) < 4.78 is 14.5. The minimum absolute atomic E-state index is 0.231. The summed E-state index contributed by atoms with van der Waals surface area (Å²) in [5.41, 5.74) is 2.08. The lowest BCUT2D eigenvalue weighted by Crippen LogP contribution is -1.93. The molecule has 0 N–H and O–H groups in total. The standard InChI is InChI=1S/C16H9ClFN5/c17-15-20-13-4-2-1-3-12(13)14-21-22-16(23(14)15)19-9-10-5-7-11(18)8-6-10/h1-9H. The highest BCUT2D eigenvalue weighted by molar-refractivity contribution is 6.29. The van der Waals surface area contributed by atoms with E-state index in [0.29, 0.717) is 11.6 Å². The van der Waals surface area contributed by atoms with Gasteiger partial charge in [-0.25, -0.2) is 18.8 Å². The summed E-state index contributed by atoms with van der Waals surface area (Å²) in [6, 6.07) is 13.5. The van der Waals surface area contributed by atoms with E-state index < -0.39 is 0 Å². The van der Waals surface area contributed by atoms with Gasteiger partial charge in [-0.1, -0.05) is 24.3 Å². The van der Waals surface area contributed by atoms with Crippen molar-refractivity contribution in [2.24, 2.45) is 4.99 Å². The van der Waals surface area contributed by atoms with Crippen molar-refractivity contribution in [2.75, 3.05) is 0 Å². The van der Waals surface area contributed by atoms with Crippen molar-refractivity contribution < 1.29 is 4.39 Å². The summed E-state index contributed by atoms with van der Waals surface area (Å²) in [4.78, 5) is 8.61. The third-order valence-electron chi connectivity index (χ3n) is 3.39. The van der Waals surface area contributed by atoms with Crippen LogP contribution in [0.15, 0.2) is 53.5 Å². The molecule has 0 aliphatic rings. The molecular weight excluding hydrogens is 317 g/mol. The number of aliphatic imine (C=N–C) groups is 1. The molecule has 7 heteroatoms. The molecule has 5 nitrogen and oxygen atoms in total. The molecule has 0 aliphatic carbocycles. The van der Waals surface area contributed by atoms with E-state index in [4.69, 9.17) is 11.6 Å². The minimum Gasteiger partial charge on any atom is -0.232 e. The average molecular weight is 326 g/mol. The predicted octanol–water partition coefficient (Wildman–Crippen LogP) is 3.82. The lowest BCUT2D eigenvalue weighted by molar-refractivity contribution is 0.628. The molecule has 0 spiro atoms. The van der Waals surface area contributed by atoms with Crippen LogP contribution in [-0.2, 0) is 0 Å². The van der Waals surface area contributed by atoms with Crippen molar-refractivity contribution in [3.63, 3.8) is 0 Å². The van der Waals surface area contributed by atoms with Gasteiger partial charge in [0, 0.05) is 11.6 Å². The molecule has 2 heterocycles. The summed E-state index contributed by atoms with van der Waals surface area (Å²) in [6.07, 6.45) is 1.57. The Morgan fingerprint density at radius 1 is 1.04 bits per heavy atom. The van der Waals surface area contributed by atoms with Crippen LogP contribution < -0.4 is 0 Å². The molecule has 112 valence electrons. The predicted molar refractivity (Wildman–Crippen MR) is 87.0 cm³/mol. The smallest absolute Gasteiger partial charge is 0.232 e. The Balaban J connectivity index is 1.85. The summed E-state index contributed by atoms with van der Waals surface area (Å²) in [5, 5.41) is 9.28. The largest absolute Gasteiger partial charge is 0.257 e. The average Bonchev–Trinajstić information content (AvgIpc) is 2.99. The van der Waals surface area contributed by atoms with E-state index in [-0.39, 0.29) is 11.1 Å². The molecular formula is C16H9ClFN5. The normalized spacial score (nSPS) is 11.7. The van der Waals surface area contributed by atoms with Gasteiger partial charge in [0.15, 0.2) is 5.65 Å². The fourth-order valence-electron chi connectivity index (χ4n) is 2.29. The van der Waals surface area contributed by atoms with E-state index in [1.54, 1.807) is 22.7 Å². The van der Waals surface area contributed by atoms with Crippen LogP contribution in [-0.4, -0.2) is 25.8 Å². The lowest BCUT2D eigenvalue weighted by Gasteiger charge is -2.02. The van der Waals surface area contributed by atoms with Crippen LogP contribution in [0.2, 0.25) is 5.28 Å². The number of hydrogen-bond donors (Lipinski definition) is 0. The van der Waals surface area contributed by atoms with Crippen LogP contribution >= 0.6 is 11.6 Å². The summed E-state index contributed by atoms with van der Waals surface area (Å²) in [7, 11) is 0. The molecule has 23 heavy (non-hydrogen) atoms. The highest BCUT2D eigenvalue weighted by Crippen LogP contribution is 2.24. The molecule has 0 aliphatic heterocycles. The molecule has 0 unspecified atom stereocenters. The highest BCUT2D eigenvalue weighted by atomic mass is 35.5. The lowest BCUT2D eigenvalue weighted by atomic mass is 10.2. The van der Waals surface area contributed by atoms with Gasteiger partial charge >= 0.3 is 0 Å². The van der Waals surface area contributed by atoms with Gasteiger partial charge in [-0.05, 0) is 41.4 Å². The number of rotatable bonds is 2. The Morgan fingerprint density at radius 2 is 1.83 bits per heavy atom. The second-order valence-corrected chi connectivity index (χ2v) is 5.20. The number of para-hydroxylation sites is 1. The van der Waals surface area contributed by atoms with Crippen LogP contribution in [0.3, 0.4) is 0 Å². The van der Waals surface area contributed by atoms with Gasteiger partial charge in [0.2, 0.25) is 5.28 Å². The number of benzene rings is 2. The van der Waals surface area contributed by atoms with Crippen molar-refractivity contribution in [1.82, 2.24) is 19.6 Å². The SMILES string of the molecule is Fc1ccc(C=Nc2nnc3c4ccccc4nc(Cl)n23)cc1. The Morgan fingerprint density at radius 3 is 2.65 bits per heavy atom. The van der Waals surface area contributed by atoms with E-state index >= 15 is 0 Å². The molecule has 0 amide bonds. The molecule has 2 aromatic carbocycles. The van der Waals surface area contributed by atoms with Crippen molar-refractivity contribution in [3.8, 4) is 0 Å². The maximum Gasteiger partial charge on any atom is 0.257 e. The topological polar surface area (TPSA) is 55.4 Å². The quantitative estimate of drug-likeness (QED) is 0.416. The van der Waals surface area contributed by atoms with Crippen molar-refractivity contribution >= 4 is 40.3 Å². The third kappa shape index (κ3) is 2.43. The zero-order valence-corrected chi connectivity index (χ0v) is 12.4. The first kappa shape index (κ1) is 13.8. The van der Waals surface area contributed by atoms with Gasteiger partial charge in [0.1, 0.15) is 5.82 Å². The van der Waals surface area contributed by atoms with Crippen LogP contribution in [0.25, 0.3) is 16.6 Å². The Kier molecular flexibility index (Phi) is 3.24. The molecule has 4 aromatic rings. The van der Waals surface area contributed by atoms with E-state index in [1.807, 2.05) is 24.3 Å². The van der Waals surface area contributed by atoms with E-state index in [1.165, 1.54) is 12.1 Å². The molecule has 0 atom stereocenters. The molecule has 4 rings (SSSR count). The van der Waals surface area contributed by atoms with E-state index in [9.17, 15) is 4.39 Å². The molecule has 0 fully saturated rings. The van der Waals surface area contributed by atoms with Crippen LogP contribution in [0.4, 0.5) is 10.3 Å². The van der Waals surface area contributed by atoms with Gasteiger partial charge < -0.3 is 0 Å². The number of halogens is 2. The molecule has 0 radical (unpaired) electrons. The Hall–Kier alpha value is -2.86. The van der Waals surface area contributed by atoms with Crippen LogP contribution in [0.5, 0.6) is 0 Å². The fourth-order valence-corrected chi connectivity index (χ4v) is 2.54. The van der Waals surface area contributed by atoms with E-state index in [2.05, 4.69) is 20.2 Å². The number of hydrogen-bond acceptors (Lipinski definition) is 4. The first-order valence-electron chi connectivity index (χ1n) is 6.81. The molecule has 0 bridgehead atoms. The summed E-state index contributed by atoms with van der Waals surface area (Å²) in [6.45, 7) is 0. The second-order valence-electron chi connectivity index (χ2n) is 4.87. The second kappa shape index (κ2) is 5.40. The first-order chi connectivity index (χ1) is 11.2. The molecule has 0 saturated carbocycles. The number of nitrogens with zero attached hydrogens (tertiary/aromatic N) is 5. The molecule has 0 saturated heterocycles. The molecule has 2 aromatic heterocycles. The number of fused-ring (bicyclic) bond motifs is 3. The monoisotopic (exact) mass is 325 g/mol. The van der Waals surface area contributed by atoms with E-state index in [0.717, 1.165) is 16.5 Å². The summed E-state index contributed by atoms with van der Waals surface area (Å²) in [5.74, 6) is 0.0152. The fraction of sp³-hybridized carbons (Fsp3) is 0. The van der Waals surface area contributed by atoms with Gasteiger partial charge in [0.25, 0.3) is 5.95 Å². The minimum atomic E-state index is -0.297. The van der Waals surface area contributed by atoms with Crippen molar-refractivity contribution in [2.45, 2.75) is 0 Å². The van der Waals surface area contributed by atoms with Gasteiger partial charge in [0.05, 0.1) is 5.52 Å². The maximum atomic E-state index is 12.9. The Bertz CT molecular complexity index is 1040. The summed E-state index contributed by atoms with van der Waals surface area (Å²) >= 11 is 6.23. The zero-order chi connectivity index (χ0) is 15.8. The highest BCUT2D eigenvalue weighted by Gasteiger charge is 2.12. The first-order valence-corrected chi connectivity index (χ1v) is 7.19. The van der Waals surface area contributed by atoms with Gasteiger partial charge in [-0.15, -0.1) is 10.2 Å².